The van der Waals surface area contributed by atoms with Gasteiger partial charge in [-0.05, 0) is 19.1 Å². The summed E-state index contributed by atoms with van der Waals surface area (Å²) in [6, 6.07) is 5.90. The van der Waals surface area contributed by atoms with Gasteiger partial charge in [0.15, 0.2) is 5.82 Å². The SMILES string of the molecule is Cc1nnc2sc(CCNC(=O)c3ccccc3F)nn12. The zero-order valence-electron chi connectivity index (χ0n) is 11.2. The van der Waals surface area contributed by atoms with Gasteiger partial charge < -0.3 is 5.32 Å². The number of aromatic nitrogens is 4. The van der Waals surface area contributed by atoms with E-state index in [1.54, 1.807) is 16.6 Å². The van der Waals surface area contributed by atoms with E-state index in [1.807, 2.05) is 6.92 Å². The van der Waals surface area contributed by atoms with E-state index in [1.165, 1.54) is 23.5 Å². The second kappa shape index (κ2) is 5.57. The van der Waals surface area contributed by atoms with Gasteiger partial charge in [-0.15, -0.1) is 10.2 Å². The predicted molar refractivity (Wildman–Crippen MR) is 75.8 cm³/mol. The van der Waals surface area contributed by atoms with Crippen molar-refractivity contribution >= 4 is 22.2 Å². The number of aryl methyl sites for hydroxylation is 1. The molecule has 2 heterocycles. The van der Waals surface area contributed by atoms with Gasteiger partial charge in [0.05, 0.1) is 5.56 Å². The Morgan fingerprint density at radius 3 is 2.95 bits per heavy atom. The lowest BCUT2D eigenvalue weighted by Crippen LogP contribution is -2.26. The van der Waals surface area contributed by atoms with Crippen LogP contribution in [0, 0.1) is 12.7 Å². The average molecular weight is 305 g/mol. The van der Waals surface area contributed by atoms with Crippen molar-refractivity contribution in [3.05, 3.63) is 46.5 Å². The summed E-state index contributed by atoms with van der Waals surface area (Å²) in [4.78, 5) is 12.6. The van der Waals surface area contributed by atoms with Gasteiger partial charge in [-0.1, -0.05) is 23.5 Å². The highest BCUT2D eigenvalue weighted by Gasteiger charge is 2.11. The molecule has 0 atom stereocenters. The summed E-state index contributed by atoms with van der Waals surface area (Å²) in [5.74, 6) is -0.223. The van der Waals surface area contributed by atoms with Crippen LogP contribution in [0.15, 0.2) is 24.3 Å². The number of fused-ring (bicyclic) bond motifs is 1. The van der Waals surface area contributed by atoms with E-state index in [-0.39, 0.29) is 5.56 Å². The number of benzene rings is 1. The molecule has 0 bridgehead atoms. The van der Waals surface area contributed by atoms with Crippen molar-refractivity contribution in [1.82, 2.24) is 25.1 Å². The molecule has 0 fully saturated rings. The molecule has 1 amide bonds. The van der Waals surface area contributed by atoms with Gasteiger partial charge in [-0.25, -0.2) is 4.39 Å². The molecule has 1 aromatic carbocycles. The monoisotopic (exact) mass is 305 g/mol. The molecular weight excluding hydrogens is 293 g/mol. The number of hydrogen-bond acceptors (Lipinski definition) is 5. The Balaban J connectivity index is 1.61. The average Bonchev–Trinajstić information content (AvgIpc) is 3.02. The van der Waals surface area contributed by atoms with E-state index in [2.05, 4.69) is 20.6 Å². The Kier molecular flexibility index (Phi) is 3.61. The lowest BCUT2D eigenvalue weighted by atomic mass is 10.2. The zero-order chi connectivity index (χ0) is 14.8. The van der Waals surface area contributed by atoms with Crippen LogP contribution in [0.2, 0.25) is 0 Å². The smallest absolute Gasteiger partial charge is 0.254 e. The molecule has 6 nitrogen and oxygen atoms in total. The molecule has 0 aliphatic heterocycles. The fourth-order valence-electron chi connectivity index (χ4n) is 1.88. The van der Waals surface area contributed by atoms with Crippen LogP contribution in [-0.4, -0.2) is 32.3 Å². The van der Waals surface area contributed by atoms with Crippen LogP contribution in [-0.2, 0) is 6.42 Å². The van der Waals surface area contributed by atoms with Crippen molar-refractivity contribution in [2.75, 3.05) is 6.54 Å². The Hall–Kier alpha value is -2.35. The second-order valence-corrected chi connectivity index (χ2v) is 5.46. The van der Waals surface area contributed by atoms with E-state index in [4.69, 9.17) is 0 Å². The number of nitrogens with zero attached hydrogens (tertiary/aromatic N) is 4. The summed E-state index contributed by atoms with van der Waals surface area (Å²) in [5.41, 5.74) is 0.0477. The minimum atomic E-state index is -0.524. The number of carbonyl (C=O) groups is 1. The topological polar surface area (TPSA) is 72.2 Å². The molecule has 108 valence electrons. The first-order valence-corrected chi connectivity index (χ1v) is 7.17. The zero-order valence-corrected chi connectivity index (χ0v) is 12.0. The number of amides is 1. The minimum Gasteiger partial charge on any atom is -0.352 e. The van der Waals surface area contributed by atoms with Gasteiger partial charge >= 0.3 is 0 Å². The molecule has 0 unspecified atom stereocenters. The Morgan fingerprint density at radius 2 is 2.19 bits per heavy atom. The van der Waals surface area contributed by atoms with Crippen LogP contribution in [0.3, 0.4) is 0 Å². The minimum absolute atomic E-state index is 0.0477. The Labute approximate surface area is 123 Å². The highest BCUT2D eigenvalue weighted by molar-refractivity contribution is 7.16. The van der Waals surface area contributed by atoms with Gasteiger partial charge in [0.2, 0.25) is 4.96 Å². The molecule has 0 saturated heterocycles. The van der Waals surface area contributed by atoms with Gasteiger partial charge in [0.1, 0.15) is 10.8 Å². The van der Waals surface area contributed by atoms with Crippen LogP contribution >= 0.6 is 11.3 Å². The summed E-state index contributed by atoms with van der Waals surface area (Å²) in [7, 11) is 0. The molecule has 3 rings (SSSR count). The summed E-state index contributed by atoms with van der Waals surface area (Å²) in [5, 5.41) is 15.7. The molecule has 3 aromatic rings. The maximum Gasteiger partial charge on any atom is 0.254 e. The van der Waals surface area contributed by atoms with Gasteiger partial charge in [-0.2, -0.15) is 9.61 Å². The van der Waals surface area contributed by atoms with Crippen LogP contribution < -0.4 is 5.32 Å². The lowest BCUT2D eigenvalue weighted by molar-refractivity contribution is 0.0950. The predicted octanol–water partition coefficient (Wildman–Crippen LogP) is 1.61. The van der Waals surface area contributed by atoms with Crippen LogP contribution in [0.25, 0.3) is 4.96 Å². The Morgan fingerprint density at radius 1 is 1.38 bits per heavy atom. The van der Waals surface area contributed by atoms with E-state index in [0.29, 0.717) is 13.0 Å². The van der Waals surface area contributed by atoms with Crippen molar-refractivity contribution in [2.45, 2.75) is 13.3 Å². The van der Waals surface area contributed by atoms with Gasteiger partial charge in [0, 0.05) is 13.0 Å². The normalized spacial score (nSPS) is 11.0. The number of carbonyl (C=O) groups excluding carboxylic acids is 1. The van der Waals surface area contributed by atoms with Gasteiger partial charge in [0.25, 0.3) is 5.91 Å². The van der Waals surface area contributed by atoms with Crippen molar-refractivity contribution in [3.63, 3.8) is 0 Å². The molecule has 21 heavy (non-hydrogen) atoms. The number of rotatable bonds is 4. The van der Waals surface area contributed by atoms with Crippen LogP contribution in [0.5, 0.6) is 0 Å². The largest absolute Gasteiger partial charge is 0.352 e. The third-order valence-corrected chi connectivity index (χ3v) is 3.89. The summed E-state index contributed by atoms with van der Waals surface area (Å²) in [6.45, 7) is 2.21. The summed E-state index contributed by atoms with van der Waals surface area (Å²) >= 11 is 1.42. The fourth-order valence-corrected chi connectivity index (χ4v) is 2.76. The maximum absolute atomic E-state index is 13.4. The third kappa shape index (κ3) is 2.75. The molecule has 0 aliphatic carbocycles. The highest BCUT2D eigenvalue weighted by atomic mass is 32.1. The first-order valence-electron chi connectivity index (χ1n) is 6.35. The second-order valence-electron chi connectivity index (χ2n) is 4.42. The highest BCUT2D eigenvalue weighted by Crippen LogP contribution is 2.13. The molecule has 0 radical (unpaired) electrons. The number of nitrogens with one attached hydrogen (secondary N) is 1. The summed E-state index contributed by atoms with van der Waals surface area (Å²) in [6.07, 6.45) is 0.563. The van der Waals surface area contributed by atoms with Crippen molar-refractivity contribution in [1.29, 1.82) is 0 Å². The van der Waals surface area contributed by atoms with Crippen LogP contribution in [0.4, 0.5) is 4.39 Å². The molecule has 1 N–H and O–H groups in total. The number of hydrogen-bond donors (Lipinski definition) is 1. The van der Waals surface area contributed by atoms with Crippen molar-refractivity contribution in [3.8, 4) is 0 Å². The molecule has 0 aliphatic rings. The Bertz CT molecular complexity index is 797. The van der Waals surface area contributed by atoms with Crippen LogP contribution in [0.1, 0.15) is 21.2 Å². The molecule has 0 spiro atoms. The van der Waals surface area contributed by atoms with Crippen molar-refractivity contribution in [2.24, 2.45) is 0 Å². The summed E-state index contributed by atoms with van der Waals surface area (Å²) < 4.78 is 15.1. The first-order chi connectivity index (χ1) is 10.1. The van der Waals surface area contributed by atoms with E-state index in [9.17, 15) is 9.18 Å². The quantitative estimate of drug-likeness (QED) is 0.795. The van der Waals surface area contributed by atoms with E-state index < -0.39 is 11.7 Å². The molecular formula is C13H12FN5OS. The standard InChI is InChI=1S/C13H12FN5OS/c1-8-16-17-13-19(8)18-11(21-13)6-7-15-12(20)9-4-2-3-5-10(9)14/h2-5H,6-7H2,1H3,(H,15,20). The molecule has 8 heteroatoms. The molecule has 0 saturated carbocycles. The van der Waals surface area contributed by atoms with Crippen molar-refractivity contribution < 1.29 is 9.18 Å². The fraction of sp³-hybridized carbons (Fsp3) is 0.231. The van der Waals surface area contributed by atoms with E-state index >= 15 is 0 Å². The lowest BCUT2D eigenvalue weighted by Gasteiger charge is -2.04. The van der Waals surface area contributed by atoms with E-state index in [0.717, 1.165) is 15.8 Å². The molecule has 2 aromatic heterocycles. The number of halogens is 1. The first kappa shape index (κ1) is 13.6. The third-order valence-electron chi connectivity index (χ3n) is 2.93. The van der Waals surface area contributed by atoms with Gasteiger partial charge in [-0.3, -0.25) is 4.79 Å². The maximum atomic E-state index is 13.4.